The topological polar surface area (TPSA) is 72.9 Å². The molecule has 1 heterocycles. The van der Waals surface area contributed by atoms with Crippen molar-refractivity contribution in [2.45, 2.75) is 50.4 Å². The molecule has 3 unspecified atom stereocenters. The van der Waals surface area contributed by atoms with E-state index in [2.05, 4.69) is 0 Å². The molecular formula is C14H25NO5S. The molecule has 0 amide bonds. The van der Waals surface area contributed by atoms with Crippen molar-refractivity contribution in [3.05, 3.63) is 0 Å². The van der Waals surface area contributed by atoms with Gasteiger partial charge in [-0.05, 0) is 25.7 Å². The van der Waals surface area contributed by atoms with Crippen LogP contribution in [0.15, 0.2) is 0 Å². The molecule has 122 valence electrons. The number of ether oxygens (including phenoxy) is 2. The first-order valence-corrected chi connectivity index (χ1v) is 9.19. The normalized spacial score (nSPS) is 30.0. The summed E-state index contributed by atoms with van der Waals surface area (Å²) in [5.41, 5.74) is 0. The Hall–Kier alpha value is -0.660. The monoisotopic (exact) mass is 319 g/mol. The summed E-state index contributed by atoms with van der Waals surface area (Å²) in [6.07, 6.45) is 3.74. The maximum absolute atomic E-state index is 12.8. The van der Waals surface area contributed by atoms with E-state index in [0.717, 1.165) is 19.3 Å². The third-order valence-corrected chi connectivity index (χ3v) is 6.94. The summed E-state index contributed by atoms with van der Waals surface area (Å²) >= 11 is 0. The molecule has 1 saturated heterocycles. The lowest BCUT2D eigenvalue weighted by Gasteiger charge is -2.28. The minimum Gasteiger partial charge on any atom is -0.469 e. The summed E-state index contributed by atoms with van der Waals surface area (Å²) < 4.78 is 37.5. The number of carbonyl (C=O) groups is 1. The first-order chi connectivity index (χ1) is 10.0. The summed E-state index contributed by atoms with van der Waals surface area (Å²) in [6.45, 7) is 3.33. The van der Waals surface area contributed by atoms with E-state index in [9.17, 15) is 13.2 Å². The van der Waals surface area contributed by atoms with Crippen LogP contribution in [0.25, 0.3) is 0 Å². The number of hydrogen-bond acceptors (Lipinski definition) is 5. The van der Waals surface area contributed by atoms with E-state index in [1.54, 1.807) is 0 Å². The number of likely N-dealkylation sites (N-methyl/N-ethyl adjacent to an activating group) is 1. The van der Waals surface area contributed by atoms with Crippen molar-refractivity contribution in [1.82, 2.24) is 4.31 Å². The van der Waals surface area contributed by atoms with Crippen LogP contribution in [0.5, 0.6) is 0 Å². The van der Waals surface area contributed by atoms with E-state index in [4.69, 9.17) is 9.47 Å². The number of rotatable bonds is 6. The van der Waals surface area contributed by atoms with Crippen LogP contribution in [0.1, 0.15) is 39.0 Å². The SMILES string of the molecule is CCN(CC1CCCO1)S(=O)(=O)C1CCCC1C(=O)OC. The second-order valence-electron chi connectivity index (χ2n) is 5.73. The number of hydrogen-bond donors (Lipinski definition) is 0. The van der Waals surface area contributed by atoms with Gasteiger partial charge in [0.05, 0.1) is 24.4 Å². The molecule has 7 heteroatoms. The minimum atomic E-state index is -3.49. The lowest BCUT2D eigenvalue weighted by Crippen LogP contribution is -2.45. The van der Waals surface area contributed by atoms with Crippen molar-refractivity contribution in [2.24, 2.45) is 5.92 Å². The lowest BCUT2D eigenvalue weighted by atomic mass is 10.1. The van der Waals surface area contributed by atoms with Gasteiger partial charge in [-0.25, -0.2) is 8.42 Å². The highest BCUT2D eigenvalue weighted by Crippen LogP contribution is 2.34. The number of esters is 1. The predicted octanol–water partition coefficient (Wildman–Crippen LogP) is 1.16. The molecule has 3 atom stereocenters. The summed E-state index contributed by atoms with van der Waals surface area (Å²) in [5, 5.41) is -0.647. The summed E-state index contributed by atoms with van der Waals surface area (Å²) in [7, 11) is -2.18. The van der Waals surface area contributed by atoms with Crippen LogP contribution in [0.4, 0.5) is 0 Å². The predicted molar refractivity (Wildman–Crippen MR) is 78.3 cm³/mol. The van der Waals surface area contributed by atoms with Crippen LogP contribution >= 0.6 is 0 Å². The summed E-state index contributed by atoms with van der Waals surface area (Å²) in [6, 6.07) is 0. The van der Waals surface area contributed by atoms with E-state index < -0.39 is 27.2 Å². The second kappa shape index (κ2) is 7.07. The van der Waals surface area contributed by atoms with E-state index >= 15 is 0 Å². The smallest absolute Gasteiger partial charge is 0.310 e. The van der Waals surface area contributed by atoms with Gasteiger partial charge in [0.1, 0.15) is 0 Å². The first kappa shape index (κ1) is 16.7. The Bertz CT molecular complexity index is 458. The largest absolute Gasteiger partial charge is 0.469 e. The fourth-order valence-corrected chi connectivity index (χ4v) is 5.57. The molecular weight excluding hydrogens is 294 g/mol. The molecule has 0 aromatic heterocycles. The van der Waals surface area contributed by atoms with Crippen molar-refractivity contribution in [3.63, 3.8) is 0 Å². The van der Waals surface area contributed by atoms with Gasteiger partial charge in [0, 0.05) is 19.7 Å². The highest BCUT2D eigenvalue weighted by Gasteiger charge is 2.44. The molecule has 0 bridgehead atoms. The Morgan fingerprint density at radius 1 is 1.29 bits per heavy atom. The third-order valence-electron chi connectivity index (χ3n) is 4.48. The molecule has 2 rings (SSSR count). The van der Waals surface area contributed by atoms with Gasteiger partial charge in [-0.1, -0.05) is 13.3 Å². The zero-order chi connectivity index (χ0) is 15.5. The van der Waals surface area contributed by atoms with Crippen LogP contribution in [0.3, 0.4) is 0 Å². The zero-order valence-corrected chi connectivity index (χ0v) is 13.6. The standard InChI is InChI=1S/C14H25NO5S/c1-3-15(10-11-6-5-9-20-11)21(17,18)13-8-4-7-12(13)14(16)19-2/h11-13H,3-10H2,1-2H3. The average molecular weight is 319 g/mol. The third kappa shape index (κ3) is 3.57. The maximum Gasteiger partial charge on any atom is 0.310 e. The lowest BCUT2D eigenvalue weighted by molar-refractivity contribution is -0.145. The molecule has 21 heavy (non-hydrogen) atoms. The number of sulfonamides is 1. The van der Waals surface area contributed by atoms with Gasteiger partial charge in [0.15, 0.2) is 0 Å². The van der Waals surface area contributed by atoms with Gasteiger partial charge in [0.2, 0.25) is 10.0 Å². The highest BCUT2D eigenvalue weighted by atomic mass is 32.2. The molecule has 0 aromatic carbocycles. The Morgan fingerprint density at radius 2 is 2.05 bits per heavy atom. The Morgan fingerprint density at radius 3 is 2.62 bits per heavy atom. The second-order valence-corrected chi connectivity index (χ2v) is 7.88. The van der Waals surface area contributed by atoms with Crippen molar-refractivity contribution in [1.29, 1.82) is 0 Å². The van der Waals surface area contributed by atoms with E-state index in [1.165, 1.54) is 11.4 Å². The quantitative estimate of drug-likeness (QED) is 0.687. The minimum absolute atomic E-state index is 0.0160. The molecule has 2 fully saturated rings. The van der Waals surface area contributed by atoms with Gasteiger partial charge >= 0.3 is 5.97 Å². The van der Waals surface area contributed by atoms with Crippen LogP contribution in [-0.2, 0) is 24.3 Å². The molecule has 1 aliphatic heterocycles. The first-order valence-electron chi connectivity index (χ1n) is 7.69. The van der Waals surface area contributed by atoms with Gasteiger partial charge in [-0.2, -0.15) is 4.31 Å². The summed E-state index contributed by atoms with van der Waals surface area (Å²) in [4.78, 5) is 11.8. The summed E-state index contributed by atoms with van der Waals surface area (Å²) in [5.74, 6) is -0.937. The van der Waals surface area contributed by atoms with E-state index in [1.807, 2.05) is 6.92 Å². The van der Waals surface area contributed by atoms with Crippen molar-refractivity contribution in [3.8, 4) is 0 Å². The van der Waals surface area contributed by atoms with Crippen molar-refractivity contribution < 1.29 is 22.7 Å². The van der Waals surface area contributed by atoms with Crippen LogP contribution < -0.4 is 0 Å². The van der Waals surface area contributed by atoms with Crippen LogP contribution in [0, 0.1) is 5.92 Å². The average Bonchev–Trinajstić information content (AvgIpc) is 3.14. The van der Waals surface area contributed by atoms with Gasteiger partial charge in [0.25, 0.3) is 0 Å². The van der Waals surface area contributed by atoms with Crippen LogP contribution in [-0.4, -0.2) is 56.9 Å². The molecule has 0 spiro atoms. The number of methoxy groups -OCH3 is 1. The van der Waals surface area contributed by atoms with Crippen LogP contribution in [0.2, 0.25) is 0 Å². The van der Waals surface area contributed by atoms with Gasteiger partial charge in [-0.15, -0.1) is 0 Å². The molecule has 1 saturated carbocycles. The fraction of sp³-hybridized carbons (Fsp3) is 0.929. The highest BCUT2D eigenvalue weighted by molar-refractivity contribution is 7.89. The van der Waals surface area contributed by atoms with E-state index in [0.29, 0.717) is 32.5 Å². The molecule has 6 nitrogen and oxygen atoms in total. The molecule has 0 radical (unpaired) electrons. The van der Waals surface area contributed by atoms with Gasteiger partial charge in [-0.3, -0.25) is 4.79 Å². The number of nitrogens with zero attached hydrogens (tertiary/aromatic N) is 1. The zero-order valence-electron chi connectivity index (χ0n) is 12.8. The molecule has 0 aromatic rings. The maximum atomic E-state index is 12.8. The Labute approximate surface area is 126 Å². The van der Waals surface area contributed by atoms with Crippen molar-refractivity contribution in [2.75, 3.05) is 26.8 Å². The molecule has 1 aliphatic carbocycles. The molecule has 0 N–H and O–H groups in total. The van der Waals surface area contributed by atoms with E-state index in [-0.39, 0.29) is 6.10 Å². The number of carbonyl (C=O) groups excluding carboxylic acids is 1. The van der Waals surface area contributed by atoms with Crippen molar-refractivity contribution >= 4 is 16.0 Å². The fourth-order valence-electron chi connectivity index (χ4n) is 3.32. The van der Waals surface area contributed by atoms with Gasteiger partial charge < -0.3 is 9.47 Å². The molecule has 2 aliphatic rings. The Kier molecular flexibility index (Phi) is 5.62. The Balaban J connectivity index is 2.11.